The fourth-order valence-electron chi connectivity index (χ4n) is 2.60. The lowest BCUT2D eigenvalue weighted by Gasteiger charge is -2.27. The number of aliphatic imine (C=N–C) groups is 1. The van der Waals surface area contributed by atoms with Crippen LogP contribution in [0.3, 0.4) is 0 Å². The Bertz CT molecular complexity index is 214. The maximum Gasteiger partial charge on any atom is 0.0967 e. The van der Waals surface area contributed by atoms with Gasteiger partial charge in [0.15, 0.2) is 0 Å². The Morgan fingerprint density at radius 2 is 1.86 bits per heavy atom. The normalized spacial score (nSPS) is 26.8. The summed E-state index contributed by atoms with van der Waals surface area (Å²) in [5.41, 5.74) is 0.364. The van der Waals surface area contributed by atoms with Crippen molar-refractivity contribution in [3.8, 4) is 0 Å². The zero-order chi connectivity index (χ0) is 9.86. The summed E-state index contributed by atoms with van der Waals surface area (Å²) in [5, 5.41) is 3.68. The fraction of sp³-hybridized carbons (Fsp3) is 0.917. The summed E-state index contributed by atoms with van der Waals surface area (Å²) >= 11 is 0. The predicted molar refractivity (Wildman–Crippen MR) is 60.8 cm³/mol. The lowest BCUT2D eigenvalue weighted by Crippen LogP contribution is -2.43. The topological polar surface area (TPSA) is 24.4 Å². The summed E-state index contributed by atoms with van der Waals surface area (Å²) in [6, 6.07) is 0. The zero-order valence-corrected chi connectivity index (χ0v) is 9.31. The molecule has 1 N–H and O–H groups in total. The van der Waals surface area contributed by atoms with E-state index in [2.05, 4.69) is 17.2 Å². The first-order valence-electron chi connectivity index (χ1n) is 6.10. The Labute approximate surface area is 87.2 Å². The van der Waals surface area contributed by atoms with Crippen molar-refractivity contribution in [2.45, 2.75) is 63.8 Å². The number of hydrogen-bond donors (Lipinski definition) is 1. The molecule has 1 aliphatic carbocycles. The van der Waals surface area contributed by atoms with Crippen LogP contribution in [0.2, 0.25) is 0 Å². The fourth-order valence-corrected chi connectivity index (χ4v) is 2.60. The largest absolute Gasteiger partial charge is 0.369 e. The van der Waals surface area contributed by atoms with Crippen LogP contribution in [0.15, 0.2) is 4.99 Å². The highest BCUT2D eigenvalue weighted by molar-refractivity contribution is 5.83. The molecule has 0 atom stereocenters. The SMILES string of the molecule is CC1(NC2=NCCCCC2)CCCC1. The Kier molecular flexibility index (Phi) is 3.09. The number of nitrogens with zero attached hydrogens (tertiary/aromatic N) is 1. The van der Waals surface area contributed by atoms with Crippen LogP contribution in [0.25, 0.3) is 0 Å². The van der Waals surface area contributed by atoms with Crippen LogP contribution in [0, 0.1) is 0 Å². The highest BCUT2D eigenvalue weighted by Gasteiger charge is 2.29. The molecule has 1 saturated carbocycles. The molecule has 0 bridgehead atoms. The van der Waals surface area contributed by atoms with Crippen LogP contribution in [0.1, 0.15) is 58.3 Å². The van der Waals surface area contributed by atoms with Crippen LogP contribution in [-0.2, 0) is 0 Å². The standard InChI is InChI=1S/C12H22N2/c1-12(8-4-5-9-12)14-11-7-3-2-6-10-13-11/h2-10H2,1H3,(H,13,14). The summed E-state index contributed by atoms with van der Waals surface area (Å²) in [5.74, 6) is 1.28. The van der Waals surface area contributed by atoms with Crippen molar-refractivity contribution >= 4 is 5.84 Å². The molecule has 80 valence electrons. The van der Waals surface area contributed by atoms with Gasteiger partial charge in [-0.05, 0) is 32.6 Å². The van der Waals surface area contributed by atoms with Gasteiger partial charge >= 0.3 is 0 Å². The molecule has 0 amide bonds. The molecule has 14 heavy (non-hydrogen) atoms. The van der Waals surface area contributed by atoms with Crippen molar-refractivity contribution in [1.82, 2.24) is 5.32 Å². The molecule has 1 heterocycles. The average Bonchev–Trinajstić information content (AvgIpc) is 2.43. The Morgan fingerprint density at radius 3 is 2.64 bits per heavy atom. The minimum absolute atomic E-state index is 0.364. The number of hydrogen-bond acceptors (Lipinski definition) is 2. The van der Waals surface area contributed by atoms with Gasteiger partial charge in [-0.3, -0.25) is 4.99 Å². The summed E-state index contributed by atoms with van der Waals surface area (Å²) in [4.78, 5) is 4.64. The molecule has 0 spiro atoms. The molecule has 0 saturated heterocycles. The van der Waals surface area contributed by atoms with Crippen molar-refractivity contribution in [1.29, 1.82) is 0 Å². The monoisotopic (exact) mass is 194 g/mol. The molecule has 0 aromatic rings. The van der Waals surface area contributed by atoms with Gasteiger partial charge in [0.2, 0.25) is 0 Å². The zero-order valence-electron chi connectivity index (χ0n) is 9.31. The molecule has 2 nitrogen and oxygen atoms in total. The van der Waals surface area contributed by atoms with E-state index < -0.39 is 0 Å². The van der Waals surface area contributed by atoms with E-state index in [1.54, 1.807) is 0 Å². The van der Waals surface area contributed by atoms with E-state index in [1.165, 1.54) is 57.2 Å². The molecular formula is C12H22N2. The van der Waals surface area contributed by atoms with Gasteiger partial charge in [0, 0.05) is 18.5 Å². The van der Waals surface area contributed by atoms with Gasteiger partial charge in [-0.2, -0.15) is 0 Å². The average molecular weight is 194 g/mol. The highest BCUT2D eigenvalue weighted by atomic mass is 15.1. The van der Waals surface area contributed by atoms with Gasteiger partial charge in [0.25, 0.3) is 0 Å². The van der Waals surface area contributed by atoms with Gasteiger partial charge in [0.05, 0.1) is 5.84 Å². The van der Waals surface area contributed by atoms with E-state index in [9.17, 15) is 0 Å². The highest BCUT2D eigenvalue weighted by Crippen LogP contribution is 2.29. The van der Waals surface area contributed by atoms with Crippen LogP contribution in [0.4, 0.5) is 0 Å². The third-order valence-corrected chi connectivity index (χ3v) is 3.53. The van der Waals surface area contributed by atoms with Crippen LogP contribution < -0.4 is 5.32 Å². The number of amidine groups is 1. The Hall–Kier alpha value is -0.530. The summed E-state index contributed by atoms with van der Waals surface area (Å²) in [6.07, 6.45) is 10.6. The molecule has 1 fully saturated rings. The molecule has 0 aromatic carbocycles. The van der Waals surface area contributed by atoms with Gasteiger partial charge in [-0.25, -0.2) is 0 Å². The van der Waals surface area contributed by atoms with Crippen LogP contribution in [-0.4, -0.2) is 17.9 Å². The van der Waals surface area contributed by atoms with Gasteiger partial charge < -0.3 is 5.32 Å². The minimum Gasteiger partial charge on any atom is -0.369 e. The molecular weight excluding hydrogens is 172 g/mol. The maximum absolute atomic E-state index is 4.64. The van der Waals surface area contributed by atoms with Crippen molar-refractivity contribution < 1.29 is 0 Å². The van der Waals surface area contributed by atoms with Crippen molar-refractivity contribution in [2.24, 2.45) is 4.99 Å². The van der Waals surface area contributed by atoms with Gasteiger partial charge in [-0.1, -0.05) is 19.3 Å². The second-order valence-electron chi connectivity index (χ2n) is 5.03. The van der Waals surface area contributed by atoms with E-state index in [4.69, 9.17) is 0 Å². The minimum atomic E-state index is 0.364. The molecule has 2 aliphatic rings. The first-order valence-corrected chi connectivity index (χ1v) is 6.10. The molecule has 2 rings (SSSR count). The van der Waals surface area contributed by atoms with E-state index in [0.717, 1.165) is 6.54 Å². The second-order valence-corrected chi connectivity index (χ2v) is 5.03. The molecule has 0 radical (unpaired) electrons. The van der Waals surface area contributed by atoms with Crippen molar-refractivity contribution in [3.63, 3.8) is 0 Å². The van der Waals surface area contributed by atoms with Crippen LogP contribution >= 0.6 is 0 Å². The first-order chi connectivity index (χ1) is 6.79. The summed E-state index contributed by atoms with van der Waals surface area (Å²) in [7, 11) is 0. The van der Waals surface area contributed by atoms with Gasteiger partial charge in [-0.15, -0.1) is 0 Å². The maximum atomic E-state index is 4.64. The molecule has 0 aromatic heterocycles. The Morgan fingerprint density at radius 1 is 1.07 bits per heavy atom. The second kappa shape index (κ2) is 4.33. The first kappa shape index (κ1) is 10.0. The molecule has 0 unspecified atom stereocenters. The van der Waals surface area contributed by atoms with Crippen molar-refractivity contribution in [3.05, 3.63) is 0 Å². The quantitative estimate of drug-likeness (QED) is 0.682. The number of nitrogens with one attached hydrogen (secondary N) is 1. The van der Waals surface area contributed by atoms with E-state index in [0.29, 0.717) is 5.54 Å². The molecule has 2 heteroatoms. The Balaban J connectivity index is 1.91. The summed E-state index contributed by atoms with van der Waals surface area (Å²) in [6.45, 7) is 3.39. The third-order valence-electron chi connectivity index (χ3n) is 3.53. The lowest BCUT2D eigenvalue weighted by atomic mass is 10.0. The van der Waals surface area contributed by atoms with Crippen molar-refractivity contribution in [2.75, 3.05) is 6.54 Å². The third kappa shape index (κ3) is 2.49. The summed E-state index contributed by atoms with van der Waals surface area (Å²) < 4.78 is 0. The molecule has 1 aliphatic heterocycles. The lowest BCUT2D eigenvalue weighted by molar-refractivity contribution is 0.428. The predicted octanol–water partition coefficient (Wildman–Crippen LogP) is 2.88. The number of rotatable bonds is 1. The smallest absolute Gasteiger partial charge is 0.0967 e. The van der Waals surface area contributed by atoms with E-state index >= 15 is 0 Å². The van der Waals surface area contributed by atoms with Crippen LogP contribution in [0.5, 0.6) is 0 Å². The van der Waals surface area contributed by atoms with E-state index in [1.807, 2.05) is 0 Å². The van der Waals surface area contributed by atoms with Gasteiger partial charge in [0.1, 0.15) is 0 Å². The van der Waals surface area contributed by atoms with E-state index in [-0.39, 0.29) is 0 Å².